The Morgan fingerprint density at radius 3 is 0.424 bits per heavy atom. The van der Waals surface area contributed by atoms with Crippen LogP contribution in [0.2, 0.25) is 0 Å². The Bertz CT molecular complexity index is 1490. The fourth-order valence-corrected chi connectivity index (χ4v) is 14.7. The standard InChI is InChI=1S/C91H176O8/c1-6-10-14-18-22-26-30-34-38-42-46-50-54-58-62-66-70-74-78-82-87(92)96-86(5)91(97-88(93)83-79-75-71-67-63-59-55-51-47-43-39-35-31-27-23-19-15-11-7-2,98-89(94)84-80-76-72-68-64-60-56-52-48-44-40-36-32-28-24-20-16-12-8-3)99-90(95)85-81-77-73-69-65-61-57-53-49-45-41-37-33-29-25-21-17-13-9-4/h86H,6-85H2,1-5H3. The van der Waals surface area contributed by atoms with Crippen LogP contribution < -0.4 is 0 Å². The summed E-state index contributed by atoms with van der Waals surface area (Å²) in [6, 6.07) is 0. The van der Waals surface area contributed by atoms with Crippen molar-refractivity contribution in [1.29, 1.82) is 0 Å². The summed E-state index contributed by atoms with van der Waals surface area (Å²) in [5.74, 6) is -4.81. The second-order valence-electron chi connectivity index (χ2n) is 31.6. The first-order valence-electron chi connectivity index (χ1n) is 45.6. The van der Waals surface area contributed by atoms with Crippen LogP contribution in [-0.4, -0.2) is 36.0 Å². The van der Waals surface area contributed by atoms with Crippen LogP contribution in [0.15, 0.2) is 0 Å². The second-order valence-corrected chi connectivity index (χ2v) is 31.6. The van der Waals surface area contributed by atoms with E-state index in [9.17, 15) is 19.2 Å². The van der Waals surface area contributed by atoms with Gasteiger partial charge in [-0.3, -0.25) is 19.2 Å². The summed E-state index contributed by atoms with van der Waals surface area (Å²) in [7, 11) is 0. The fourth-order valence-electron chi connectivity index (χ4n) is 14.7. The van der Waals surface area contributed by atoms with E-state index in [0.29, 0.717) is 25.7 Å². The van der Waals surface area contributed by atoms with Gasteiger partial charge in [0.05, 0.1) is 0 Å². The van der Waals surface area contributed by atoms with Gasteiger partial charge in [-0.25, -0.2) is 0 Å². The fraction of sp³-hybridized carbons (Fsp3) is 0.956. The second kappa shape index (κ2) is 81.5. The van der Waals surface area contributed by atoms with Crippen molar-refractivity contribution in [2.24, 2.45) is 0 Å². The molecule has 588 valence electrons. The minimum absolute atomic E-state index is 0.0916. The van der Waals surface area contributed by atoms with E-state index in [2.05, 4.69) is 27.7 Å². The number of rotatable bonds is 85. The van der Waals surface area contributed by atoms with E-state index < -0.39 is 36.0 Å². The van der Waals surface area contributed by atoms with Gasteiger partial charge >= 0.3 is 29.9 Å². The molecule has 0 radical (unpaired) electrons. The lowest BCUT2D eigenvalue weighted by atomic mass is 10.0. The number of hydrogen-bond acceptors (Lipinski definition) is 8. The zero-order valence-corrected chi connectivity index (χ0v) is 67.9. The summed E-state index contributed by atoms with van der Waals surface area (Å²) < 4.78 is 24.3. The third kappa shape index (κ3) is 74.0. The largest absolute Gasteiger partial charge is 0.462 e. The van der Waals surface area contributed by atoms with Gasteiger partial charge in [0.2, 0.25) is 6.10 Å². The maximum atomic E-state index is 14.0. The molecule has 0 heterocycles. The number of carbonyl (C=O) groups excluding carboxylic acids is 4. The summed E-state index contributed by atoms with van der Waals surface area (Å²) in [5.41, 5.74) is 0. The van der Waals surface area contributed by atoms with Crippen LogP contribution in [0.4, 0.5) is 0 Å². The van der Waals surface area contributed by atoms with Crippen molar-refractivity contribution in [2.45, 2.75) is 560 Å². The zero-order chi connectivity index (χ0) is 71.8. The first-order valence-corrected chi connectivity index (χ1v) is 45.6. The molecule has 99 heavy (non-hydrogen) atoms. The molecular formula is C91H176O8. The van der Waals surface area contributed by atoms with E-state index in [1.165, 1.54) is 385 Å². The molecule has 0 fully saturated rings. The van der Waals surface area contributed by atoms with Gasteiger partial charge in [0.25, 0.3) is 0 Å². The molecule has 0 N–H and O–H groups in total. The zero-order valence-electron chi connectivity index (χ0n) is 67.9. The lowest BCUT2D eigenvalue weighted by molar-refractivity contribution is -0.361. The minimum Gasteiger partial charge on any atom is -0.450 e. The Morgan fingerprint density at radius 2 is 0.293 bits per heavy atom. The van der Waals surface area contributed by atoms with Crippen LogP contribution in [0.1, 0.15) is 548 Å². The van der Waals surface area contributed by atoms with E-state index in [-0.39, 0.29) is 25.7 Å². The maximum absolute atomic E-state index is 14.0. The number of ether oxygens (including phenoxy) is 4. The van der Waals surface area contributed by atoms with Crippen LogP contribution in [0.25, 0.3) is 0 Å². The highest BCUT2D eigenvalue weighted by molar-refractivity contribution is 5.74. The lowest BCUT2D eigenvalue weighted by Gasteiger charge is -2.35. The molecule has 0 spiro atoms. The average molecular weight is 1400 g/mol. The summed E-state index contributed by atoms with van der Waals surface area (Å²) in [6.07, 6.45) is 95.4. The number of carbonyl (C=O) groups is 4. The smallest absolute Gasteiger partial charge is 0.450 e. The van der Waals surface area contributed by atoms with Crippen molar-refractivity contribution in [2.75, 3.05) is 0 Å². The quantitative estimate of drug-likeness (QED) is 0.0337. The predicted octanol–water partition coefficient (Wildman–Crippen LogP) is 31.5. The van der Waals surface area contributed by atoms with E-state index >= 15 is 0 Å². The van der Waals surface area contributed by atoms with Crippen LogP contribution in [-0.2, 0) is 38.1 Å². The predicted molar refractivity (Wildman–Crippen MR) is 429 cm³/mol. The monoisotopic (exact) mass is 1400 g/mol. The third-order valence-electron chi connectivity index (χ3n) is 21.5. The minimum atomic E-state index is -2.50. The summed E-state index contributed by atoms with van der Waals surface area (Å²) in [6.45, 7) is 10.7. The van der Waals surface area contributed by atoms with E-state index in [0.717, 1.165) is 77.0 Å². The molecule has 0 saturated heterocycles. The molecule has 0 aliphatic rings. The average Bonchev–Trinajstić information content (AvgIpc) is 0.813. The van der Waals surface area contributed by atoms with Crippen molar-refractivity contribution in [3.05, 3.63) is 0 Å². The lowest BCUT2D eigenvalue weighted by Crippen LogP contribution is -2.54. The molecule has 1 atom stereocenters. The van der Waals surface area contributed by atoms with Gasteiger partial charge in [-0.15, -0.1) is 0 Å². The molecule has 0 aliphatic carbocycles. The Balaban J connectivity index is 5.50. The Morgan fingerprint density at radius 1 is 0.182 bits per heavy atom. The third-order valence-corrected chi connectivity index (χ3v) is 21.5. The highest BCUT2D eigenvalue weighted by atomic mass is 16.9. The molecule has 0 aliphatic heterocycles. The Kier molecular flexibility index (Phi) is 79.8. The maximum Gasteiger partial charge on any atom is 0.462 e. The van der Waals surface area contributed by atoms with Crippen LogP contribution in [0.3, 0.4) is 0 Å². The van der Waals surface area contributed by atoms with Crippen molar-refractivity contribution >= 4 is 23.9 Å². The van der Waals surface area contributed by atoms with Crippen molar-refractivity contribution < 1.29 is 38.1 Å². The highest BCUT2D eigenvalue weighted by Gasteiger charge is 2.51. The first kappa shape index (κ1) is 96.9. The van der Waals surface area contributed by atoms with Crippen molar-refractivity contribution in [3.8, 4) is 0 Å². The topological polar surface area (TPSA) is 105 Å². The molecule has 0 aromatic rings. The SMILES string of the molecule is CCCCCCCCCCCCCCCCCCCCCC(=O)OC(C)C(OC(=O)CCCCCCCCCCCCCCCCCCCCC)(OC(=O)CCCCCCCCCCCCCCCCCCCCC)OC(=O)CCCCCCCCCCCCCCCCCCCCC. The van der Waals surface area contributed by atoms with Gasteiger partial charge in [-0.2, -0.15) is 0 Å². The number of unbranched alkanes of at least 4 members (excludes halogenated alkanes) is 72. The van der Waals surface area contributed by atoms with Crippen LogP contribution in [0, 0.1) is 0 Å². The molecule has 0 aromatic heterocycles. The first-order chi connectivity index (χ1) is 48.7. The van der Waals surface area contributed by atoms with Gasteiger partial charge in [0, 0.05) is 25.7 Å². The van der Waals surface area contributed by atoms with Gasteiger partial charge in [0.15, 0.2) is 0 Å². The number of hydrogen-bond donors (Lipinski definition) is 0. The van der Waals surface area contributed by atoms with Gasteiger partial charge in [-0.05, 0) is 32.6 Å². The van der Waals surface area contributed by atoms with Crippen molar-refractivity contribution in [3.63, 3.8) is 0 Å². The molecule has 0 bridgehead atoms. The molecular weight excluding hydrogens is 1220 g/mol. The Labute approximate surface area is 619 Å². The van der Waals surface area contributed by atoms with Crippen LogP contribution in [0.5, 0.6) is 0 Å². The summed E-state index contributed by atoms with van der Waals surface area (Å²) >= 11 is 0. The normalized spacial score (nSPS) is 12.0. The molecule has 8 nitrogen and oxygen atoms in total. The molecule has 0 rings (SSSR count). The molecule has 8 heteroatoms. The molecule has 0 aromatic carbocycles. The molecule has 0 amide bonds. The molecule has 0 saturated carbocycles. The van der Waals surface area contributed by atoms with Crippen molar-refractivity contribution in [1.82, 2.24) is 0 Å². The van der Waals surface area contributed by atoms with E-state index in [4.69, 9.17) is 18.9 Å². The van der Waals surface area contributed by atoms with E-state index in [1.54, 1.807) is 6.92 Å². The van der Waals surface area contributed by atoms with Crippen LogP contribution >= 0.6 is 0 Å². The highest BCUT2D eigenvalue weighted by Crippen LogP contribution is 2.29. The van der Waals surface area contributed by atoms with Gasteiger partial charge in [-0.1, -0.05) is 490 Å². The number of esters is 4. The van der Waals surface area contributed by atoms with Gasteiger partial charge < -0.3 is 18.9 Å². The molecule has 1 unspecified atom stereocenters. The summed E-state index contributed by atoms with van der Waals surface area (Å²) in [4.78, 5) is 55.7. The van der Waals surface area contributed by atoms with E-state index in [1.807, 2.05) is 0 Å². The summed E-state index contributed by atoms with van der Waals surface area (Å²) in [5, 5.41) is 0. The Hall–Kier alpha value is -2.12. The van der Waals surface area contributed by atoms with Gasteiger partial charge in [0.1, 0.15) is 0 Å².